The molecule has 0 amide bonds. The number of hydrogen-bond donors (Lipinski definition) is 0. The van der Waals surface area contributed by atoms with Crippen molar-refractivity contribution in [3.63, 3.8) is 0 Å². The van der Waals surface area contributed by atoms with Crippen LogP contribution in [0.1, 0.15) is 19.3 Å². The Labute approximate surface area is 131 Å². The van der Waals surface area contributed by atoms with Gasteiger partial charge >= 0.3 is 5.97 Å². The van der Waals surface area contributed by atoms with E-state index in [9.17, 15) is 17.6 Å². The lowest BCUT2D eigenvalue weighted by Crippen LogP contribution is -2.48. The number of sulfonamides is 1. The summed E-state index contributed by atoms with van der Waals surface area (Å²) in [6.07, 6.45) is 1.74. The molecule has 1 fully saturated rings. The smallest absolute Gasteiger partial charge is 0.324 e. The lowest BCUT2D eigenvalue weighted by Gasteiger charge is -2.32. The molecule has 0 aromatic heterocycles. The van der Waals surface area contributed by atoms with Crippen LogP contribution in [0.15, 0.2) is 27.6 Å². The van der Waals surface area contributed by atoms with Crippen LogP contribution >= 0.6 is 15.9 Å². The van der Waals surface area contributed by atoms with Gasteiger partial charge in [-0.2, -0.15) is 4.31 Å². The van der Waals surface area contributed by atoms with Crippen molar-refractivity contribution in [2.45, 2.75) is 30.2 Å². The number of nitrogens with zero attached hydrogens (tertiary/aromatic N) is 1. The lowest BCUT2D eigenvalue weighted by atomic mass is 10.1. The Bertz CT molecular complexity index is 650. The zero-order valence-corrected chi connectivity index (χ0v) is 13.8. The number of carbonyl (C=O) groups excluding carboxylic acids is 1. The van der Waals surface area contributed by atoms with Crippen molar-refractivity contribution in [2.24, 2.45) is 0 Å². The second-order valence-corrected chi connectivity index (χ2v) is 7.50. The van der Waals surface area contributed by atoms with Crippen LogP contribution in [-0.4, -0.2) is 38.4 Å². The molecule has 1 atom stereocenters. The number of benzene rings is 1. The van der Waals surface area contributed by atoms with Crippen molar-refractivity contribution in [3.8, 4) is 0 Å². The minimum atomic E-state index is -4.08. The van der Waals surface area contributed by atoms with E-state index in [0.29, 0.717) is 17.3 Å². The van der Waals surface area contributed by atoms with Crippen LogP contribution in [0, 0.1) is 5.82 Å². The summed E-state index contributed by atoms with van der Waals surface area (Å²) >= 11 is 3.08. The van der Waals surface area contributed by atoms with Gasteiger partial charge in [0.15, 0.2) is 0 Å². The molecule has 1 heterocycles. The first-order chi connectivity index (χ1) is 9.87. The number of hydrogen-bond acceptors (Lipinski definition) is 4. The highest BCUT2D eigenvalue weighted by Crippen LogP contribution is 2.28. The van der Waals surface area contributed by atoms with Crippen molar-refractivity contribution in [2.75, 3.05) is 13.7 Å². The third kappa shape index (κ3) is 3.27. The quantitative estimate of drug-likeness (QED) is 0.755. The number of halogens is 2. The molecular weight excluding hydrogens is 365 g/mol. The maximum absolute atomic E-state index is 14.0. The molecule has 1 aromatic rings. The third-order valence-corrected chi connectivity index (χ3v) is 5.84. The third-order valence-electron chi connectivity index (χ3n) is 3.41. The van der Waals surface area contributed by atoms with Gasteiger partial charge < -0.3 is 4.74 Å². The monoisotopic (exact) mass is 379 g/mol. The van der Waals surface area contributed by atoms with Gasteiger partial charge in [-0.05, 0) is 37.5 Å². The van der Waals surface area contributed by atoms with Crippen LogP contribution in [0.5, 0.6) is 0 Å². The number of piperidine rings is 1. The molecule has 1 aliphatic heterocycles. The number of rotatable bonds is 3. The highest BCUT2D eigenvalue weighted by molar-refractivity contribution is 9.10. The van der Waals surface area contributed by atoms with Crippen LogP contribution in [0.2, 0.25) is 0 Å². The topological polar surface area (TPSA) is 63.7 Å². The number of ether oxygens (including phenoxy) is 1. The van der Waals surface area contributed by atoms with Gasteiger partial charge in [0.2, 0.25) is 10.0 Å². The highest BCUT2D eigenvalue weighted by atomic mass is 79.9. The van der Waals surface area contributed by atoms with Crippen molar-refractivity contribution < 1.29 is 22.3 Å². The van der Waals surface area contributed by atoms with Crippen LogP contribution in [-0.2, 0) is 19.6 Å². The minimum Gasteiger partial charge on any atom is -0.468 e. The van der Waals surface area contributed by atoms with Crippen LogP contribution < -0.4 is 0 Å². The van der Waals surface area contributed by atoms with Crippen molar-refractivity contribution in [3.05, 3.63) is 28.5 Å². The van der Waals surface area contributed by atoms with Gasteiger partial charge in [-0.25, -0.2) is 12.8 Å². The molecule has 0 N–H and O–H groups in total. The van der Waals surface area contributed by atoms with Crippen molar-refractivity contribution in [1.29, 1.82) is 0 Å². The van der Waals surface area contributed by atoms with Gasteiger partial charge in [0.1, 0.15) is 16.8 Å². The molecule has 1 aromatic carbocycles. The summed E-state index contributed by atoms with van der Waals surface area (Å²) in [7, 11) is -2.87. The average Bonchev–Trinajstić information content (AvgIpc) is 2.46. The molecule has 0 saturated carbocycles. The first-order valence-corrected chi connectivity index (χ1v) is 8.66. The summed E-state index contributed by atoms with van der Waals surface area (Å²) in [5.74, 6) is -1.46. The zero-order valence-electron chi connectivity index (χ0n) is 11.4. The standard InChI is InChI=1S/C13H15BrFNO4S/c1-20-13(17)11-4-2-3-7-16(11)21(18,19)12-6-5-9(14)8-10(12)15/h5-6,8,11H,2-4,7H2,1H3. The second-order valence-electron chi connectivity index (χ2n) is 4.73. The summed E-state index contributed by atoms with van der Waals surface area (Å²) in [5.41, 5.74) is 0. The van der Waals surface area contributed by atoms with E-state index in [1.165, 1.54) is 19.2 Å². The maximum atomic E-state index is 14.0. The fourth-order valence-electron chi connectivity index (χ4n) is 2.38. The summed E-state index contributed by atoms with van der Waals surface area (Å²) in [5, 5.41) is 0. The van der Waals surface area contributed by atoms with E-state index in [1.54, 1.807) is 0 Å². The summed E-state index contributed by atoms with van der Waals surface area (Å²) < 4.78 is 45.3. The molecular formula is C13H15BrFNO4S. The Morgan fingerprint density at radius 1 is 1.43 bits per heavy atom. The molecule has 5 nitrogen and oxygen atoms in total. The molecule has 1 saturated heterocycles. The average molecular weight is 380 g/mol. The van der Waals surface area contributed by atoms with E-state index < -0.39 is 32.7 Å². The summed E-state index contributed by atoms with van der Waals surface area (Å²) in [4.78, 5) is 11.3. The summed E-state index contributed by atoms with van der Waals surface area (Å²) in [6, 6.07) is 2.84. The first kappa shape index (κ1) is 16.4. The second kappa shape index (κ2) is 6.41. The molecule has 8 heteroatoms. The lowest BCUT2D eigenvalue weighted by molar-refractivity contribution is -0.146. The zero-order chi connectivity index (χ0) is 15.6. The van der Waals surface area contributed by atoms with Crippen LogP contribution in [0.4, 0.5) is 4.39 Å². The Morgan fingerprint density at radius 2 is 2.14 bits per heavy atom. The molecule has 2 rings (SSSR count). The number of esters is 1. The van der Waals surface area contributed by atoms with Gasteiger partial charge in [-0.15, -0.1) is 0 Å². The normalized spacial score (nSPS) is 20.2. The van der Waals surface area contributed by atoms with Gasteiger partial charge in [0.05, 0.1) is 7.11 Å². The van der Waals surface area contributed by atoms with E-state index in [2.05, 4.69) is 20.7 Å². The molecule has 1 aliphatic rings. The molecule has 0 spiro atoms. The van der Waals surface area contributed by atoms with Crippen LogP contribution in [0.25, 0.3) is 0 Å². The molecule has 0 aliphatic carbocycles. The van der Waals surface area contributed by atoms with E-state index in [4.69, 9.17) is 0 Å². The molecule has 0 bridgehead atoms. The Balaban J connectivity index is 2.43. The highest BCUT2D eigenvalue weighted by Gasteiger charge is 2.39. The Morgan fingerprint density at radius 3 is 2.76 bits per heavy atom. The largest absolute Gasteiger partial charge is 0.468 e. The summed E-state index contributed by atoms with van der Waals surface area (Å²) in [6.45, 7) is 0.178. The molecule has 0 radical (unpaired) electrons. The van der Waals surface area contributed by atoms with Gasteiger partial charge in [-0.1, -0.05) is 15.9 Å². The predicted molar refractivity (Wildman–Crippen MR) is 77.6 cm³/mol. The maximum Gasteiger partial charge on any atom is 0.324 e. The minimum absolute atomic E-state index is 0.178. The first-order valence-electron chi connectivity index (χ1n) is 6.42. The van der Waals surface area contributed by atoms with Crippen LogP contribution in [0.3, 0.4) is 0 Å². The van der Waals surface area contributed by atoms with Crippen molar-refractivity contribution >= 4 is 31.9 Å². The van der Waals surface area contributed by atoms with Gasteiger partial charge in [0.25, 0.3) is 0 Å². The van der Waals surface area contributed by atoms with E-state index in [-0.39, 0.29) is 6.54 Å². The SMILES string of the molecule is COC(=O)C1CCCCN1S(=O)(=O)c1ccc(Br)cc1F. The number of methoxy groups -OCH3 is 1. The molecule has 1 unspecified atom stereocenters. The fraction of sp³-hybridized carbons (Fsp3) is 0.462. The van der Waals surface area contributed by atoms with Crippen molar-refractivity contribution in [1.82, 2.24) is 4.31 Å². The predicted octanol–water partition coefficient (Wildman–Crippen LogP) is 2.30. The van der Waals surface area contributed by atoms with E-state index in [1.807, 2.05) is 0 Å². The Hall–Kier alpha value is -0.990. The van der Waals surface area contributed by atoms with E-state index >= 15 is 0 Å². The van der Waals surface area contributed by atoms with Gasteiger partial charge in [-0.3, -0.25) is 4.79 Å². The number of carbonyl (C=O) groups is 1. The fourth-order valence-corrected chi connectivity index (χ4v) is 4.40. The molecule has 116 valence electrons. The Kier molecular flexibility index (Phi) is 5.00. The van der Waals surface area contributed by atoms with Gasteiger partial charge in [0, 0.05) is 11.0 Å². The van der Waals surface area contributed by atoms with E-state index in [0.717, 1.165) is 16.8 Å². The molecule has 21 heavy (non-hydrogen) atoms.